The maximum Gasteiger partial charge on any atom is 0.270 e. The molecule has 2 heterocycles. The number of amides is 1. The van der Waals surface area contributed by atoms with E-state index in [1.165, 1.54) is 0 Å². The molecule has 1 aromatic heterocycles. The Morgan fingerprint density at radius 1 is 1.12 bits per heavy atom. The van der Waals surface area contributed by atoms with E-state index in [0.29, 0.717) is 5.69 Å². The Labute approximate surface area is 156 Å². The number of piperazine rings is 1. The van der Waals surface area contributed by atoms with E-state index >= 15 is 0 Å². The summed E-state index contributed by atoms with van der Waals surface area (Å²) < 4.78 is 0. The van der Waals surface area contributed by atoms with E-state index < -0.39 is 0 Å². The van der Waals surface area contributed by atoms with Crippen molar-refractivity contribution in [3.8, 4) is 0 Å². The Morgan fingerprint density at radius 3 is 2.38 bits per heavy atom. The molecule has 2 aromatic rings. The van der Waals surface area contributed by atoms with Gasteiger partial charge in [0.2, 0.25) is 0 Å². The Kier molecular flexibility index (Phi) is 5.99. The number of carbonyl (C=O) groups is 1. The quantitative estimate of drug-likeness (QED) is 0.800. The van der Waals surface area contributed by atoms with Gasteiger partial charge < -0.3 is 15.6 Å². The highest BCUT2D eigenvalue weighted by atomic mass is 16.2. The number of carbonyl (C=O) groups excluding carboxylic acids is 1. The first-order chi connectivity index (χ1) is 12.5. The summed E-state index contributed by atoms with van der Waals surface area (Å²) in [6, 6.07) is 9.97. The smallest absolute Gasteiger partial charge is 0.270 e. The van der Waals surface area contributed by atoms with Crippen molar-refractivity contribution in [2.75, 3.05) is 32.7 Å². The molecule has 0 unspecified atom stereocenters. The molecule has 142 valence electrons. The van der Waals surface area contributed by atoms with Gasteiger partial charge in [-0.15, -0.1) is 0 Å². The number of rotatable bonds is 7. The van der Waals surface area contributed by atoms with Gasteiger partial charge in [-0.25, -0.2) is 0 Å². The molecule has 1 saturated heterocycles. The van der Waals surface area contributed by atoms with E-state index in [1.807, 2.05) is 35.2 Å². The van der Waals surface area contributed by atoms with Crippen molar-refractivity contribution in [1.29, 1.82) is 0 Å². The Morgan fingerprint density at radius 2 is 1.77 bits per heavy atom. The number of aromatic nitrogens is 1. The van der Waals surface area contributed by atoms with Gasteiger partial charge in [-0.1, -0.05) is 44.9 Å². The average molecular weight is 357 g/mol. The van der Waals surface area contributed by atoms with Crippen LogP contribution in [0.4, 0.5) is 0 Å². The second-order valence-corrected chi connectivity index (χ2v) is 7.70. The highest BCUT2D eigenvalue weighted by Crippen LogP contribution is 2.20. The van der Waals surface area contributed by atoms with Crippen molar-refractivity contribution in [1.82, 2.24) is 14.8 Å². The highest BCUT2D eigenvalue weighted by Gasteiger charge is 2.29. The van der Waals surface area contributed by atoms with E-state index in [9.17, 15) is 4.79 Å². The molecule has 0 aliphatic carbocycles. The zero-order chi connectivity index (χ0) is 18.6. The van der Waals surface area contributed by atoms with Crippen molar-refractivity contribution in [2.24, 2.45) is 5.73 Å². The molecular weight excluding hydrogens is 324 g/mol. The summed E-state index contributed by atoms with van der Waals surface area (Å²) in [5.74, 6) is 0.0991. The number of nitrogens with one attached hydrogen (secondary N) is 1. The molecule has 5 nitrogen and oxygen atoms in total. The topological polar surface area (TPSA) is 65.4 Å². The fourth-order valence-electron chi connectivity index (χ4n) is 4.19. The number of hydrogen-bond donors (Lipinski definition) is 2. The Balaban J connectivity index is 1.58. The van der Waals surface area contributed by atoms with Gasteiger partial charge in [0.25, 0.3) is 5.91 Å². The second kappa shape index (κ2) is 8.23. The molecule has 1 amide bonds. The molecule has 3 N–H and O–H groups in total. The summed E-state index contributed by atoms with van der Waals surface area (Å²) in [6.45, 7) is 8.67. The largest absolute Gasteiger partial charge is 0.351 e. The molecule has 0 radical (unpaired) electrons. The molecule has 1 aliphatic rings. The monoisotopic (exact) mass is 356 g/mol. The Hall–Kier alpha value is -1.85. The molecule has 0 spiro atoms. The normalized spacial score (nSPS) is 16.3. The van der Waals surface area contributed by atoms with Crippen molar-refractivity contribution in [3.05, 3.63) is 36.0 Å². The van der Waals surface area contributed by atoms with Crippen LogP contribution in [0.1, 0.15) is 50.0 Å². The summed E-state index contributed by atoms with van der Waals surface area (Å²) in [5, 5.41) is 1.08. The van der Waals surface area contributed by atoms with Gasteiger partial charge in [-0.3, -0.25) is 9.69 Å². The summed E-state index contributed by atoms with van der Waals surface area (Å²) in [7, 11) is 0. The third-order valence-corrected chi connectivity index (χ3v) is 5.45. The first kappa shape index (κ1) is 18.9. The van der Waals surface area contributed by atoms with Crippen molar-refractivity contribution < 1.29 is 4.79 Å². The highest BCUT2D eigenvalue weighted by molar-refractivity contribution is 5.98. The first-order valence-electron chi connectivity index (χ1n) is 9.93. The molecule has 5 heteroatoms. The maximum atomic E-state index is 12.8. The molecular formula is C21H32N4O. The summed E-state index contributed by atoms with van der Waals surface area (Å²) >= 11 is 0. The number of nitrogens with zero attached hydrogens (tertiary/aromatic N) is 2. The van der Waals surface area contributed by atoms with E-state index in [4.69, 9.17) is 5.73 Å². The fraction of sp³-hybridized carbons (Fsp3) is 0.571. The van der Waals surface area contributed by atoms with Crippen LogP contribution in [0.5, 0.6) is 0 Å². The number of fused-ring (bicyclic) bond motifs is 1. The van der Waals surface area contributed by atoms with Crippen LogP contribution in [0.25, 0.3) is 10.9 Å². The summed E-state index contributed by atoms with van der Waals surface area (Å²) in [6.07, 6.45) is 4.37. The number of nitrogens with two attached hydrogens (primary N) is 1. The zero-order valence-corrected chi connectivity index (χ0v) is 16.1. The predicted molar refractivity (Wildman–Crippen MR) is 107 cm³/mol. The van der Waals surface area contributed by atoms with Gasteiger partial charge in [0.05, 0.1) is 0 Å². The van der Waals surface area contributed by atoms with Crippen molar-refractivity contribution >= 4 is 16.8 Å². The van der Waals surface area contributed by atoms with Gasteiger partial charge in [0, 0.05) is 49.2 Å². The van der Waals surface area contributed by atoms with Gasteiger partial charge in [0.15, 0.2) is 0 Å². The number of aromatic amines is 1. The van der Waals surface area contributed by atoms with E-state index in [0.717, 1.165) is 69.3 Å². The average Bonchev–Trinajstić information content (AvgIpc) is 3.06. The van der Waals surface area contributed by atoms with Crippen LogP contribution in [0.15, 0.2) is 30.3 Å². The molecule has 1 aliphatic heterocycles. The Bertz CT molecular complexity index is 691. The van der Waals surface area contributed by atoms with Crippen LogP contribution < -0.4 is 5.73 Å². The van der Waals surface area contributed by atoms with E-state index in [1.54, 1.807) is 0 Å². The first-order valence-corrected chi connectivity index (χ1v) is 9.93. The van der Waals surface area contributed by atoms with Crippen LogP contribution in [0, 0.1) is 0 Å². The summed E-state index contributed by atoms with van der Waals surface area (Å²) in [5.41, 5.74) is 8.26. The molecule has 3 rings (SSSR count). The van der Waals surface area contributed by atoms with Gasteiger partial charge in [0.1, 0.15) is 5.69 Å². The van der Waals surface area contributed by atoms with Gasteiger partial charge in [-0.05, 0) is 25.0 Å². The third kappa shape index (κ3) is 4.27. The number of para-hydroxylation sites is 1. The molecule has 26 heavy (non-hydrogen) atoms. The lowest BCUT2D eigenvalue weighted by atomic mass is 9.89. The SMILES string of the molecule is CCCC(N)(CCC)CN1CCN(C(=O)c2cc3ccccc3[nH]2)CC1. The number of hydrogen-bond acceptors (Lipinski definition) is 3. The van der Waals surface area contributed by atoms with Crippen molar-refractivity contribution in [3.63, 3.8) is 0 Å². The van der Waals surface area contributed by atoms with E-state index in [-0.39, 0.29) is 11.4 Å². The van der Waals surface area contributed by atoms with Crippen molar-refractivity contribution in [2.45, 2.75) is 45.1 Å². The van der Waals surface area contributed by atoms with Gasteiger partial charge in [-0.2, -0.15) is 0 Å². The third-order valence-electron chi connectivity index (χ3n) is 5.45. The minimum atomic E-state index is -0.0904. The minimum Gasteiger partial charge on any atom is -0.351 e. The molecule has 0 atom stereocenters. The van der Waals surface area contributed by atoms with Gasteiger partial charge >= 0.3 is 0 Å². The van der Waals surface area contributed by atoms with Crippen LogP contribution in [0.3, 0.4) is 0 Å². The molecule has 1 aromatic carbocycles. The van der Waals surface area contributed by atoms with Crippen LogP contribution in [-0.2, 0) is 0 Å². The van der Waals surface area contributed by atoms with Crippen LogP contribution in [0.2, 0.25) is 0 Å². The standard InChI is InChI=1S/C21H32N4O/c1-3-9-21(22,10-4-2)16-24-11-13-25(14-12-24)20(26)19-15-17-7-5-6-8-18(17)23-19/h5-8,15,23H,3-4,9-14,16,22H2,1-2H3. The maximum absolute atomic E-state index is 12.8. The van der Waals surface area contributed by atoms with Crippen LogP contribution >= 0.6 is 0 Å². The number of benzene rings is 1. The van der Waals surface area contributed by atoms with E-state index in [2.05, 4.69) is 23.7 Å². The minimum absolute atomic E-state index is 0.0904. The fourth-order valence-corrected chi connectivity index (χ4v) is 4.19. The molecule has 0 bridgehead atoms. The zero-order valence-electron chi connectivity index (χ0n) is 16.1. The second-order valence-electron chi connectivity index (χ2n) is 7.70. The lowest BCUT2D eigenvalue weighted by Gasteiger charge is -2.40. The number of H-pyrrole nitrogens is 1. The lowest BCUT2D eigenvalue weighted by Crippen LogP contribution is -2.56. The molecule has 0 saturated carbocycles. The van der Waals surface area contributed by atoms with Crippen LogP contribution in [-0.4, -0.2) is 59.0 Å². The predicted octanol–water partition coefficient (Wildman–Crippen LogP) is 3.22. The summed E-state index contributed by atoms with van der Waals surface area (Å²) in [4.78, 5) is 20.5. The molecule has 1 fully saturated rings. The lowest BCUT2D eigenvalue weighted by molar-refractivity contribution is 0.0593.